The number of carbonyl (C=O) groups is 2. The fourth-order valence-electron chi connectivity index (χ4n) is 3.16. The lowest BCUT2D eigenvalue weighted by Gasteiger charge is -2.18. The molecule has 0 bridgehead atoms. The zero-order chi connectivity index (χ0) is 22.3. The molecular formula is C20H14F7NO2. The third kappa shape index (κ3) is 4.63. The number of hydrogen-bond donors (Lipinski definition) is 1. The summed E-state index contributed by atoms with van der Waals surface area (Å²) in [6, 6.07) is 5.49. The number of anilines is 1. The van der Waals surface area contributed by atoms with Crippen molar-refractivity contribution >= 4 is 17.4 Å². The van der Waals surface area contributed by atoms with Gasteiger partial charge in [0.05, 0.1) is 11.1 Å². The van der Waals surface area contributed by atoms with E-state index in [2.05, 4.69) is 0 Å². The van der Waals surface area contributed by atoms with Gasteiger partial charge in [0, 0.05) is 17.5 Å². The van der Waals surface area contributed by atoms with Gasteiger partial charge >= 0.3 is 12.4 Å². The highest BCUT2D eigenvalue weighted by Crippen LogP contribution is 2.52. The third-order valence-electron chi connectivity index (χ3n) is 4.92. The van der Waals surface area contributed by atoms with E-state index < -0.39 is 52.8 Å². The molecule has 0 unspecified atom stereocenters. The summed E-state index contributed by atoms with van der Waals surface area (Å²) in [4.78, 5) is 24.4. The third-order valence-corrected chi connectivity index (χ3v) is 4.92. The van der Waals surface area contributed by atoms with Gasteiger partial charge < -0.3 is 5.32 Å². The van der Waals surface area contributed by atoms with Crippen LogP contribution in [0.15, 0.2) is 42.5 Å². The summed E-state index contributed by atoms with van der Waals surface area (Å²) >= 11 is 0. The lowest BCUT2D eigenvalue weighted by atomic mass is 9.88. The predicted octanol–water partition coefficient (Wildman–Crippen LogP) is 5.49. The molecule has 30 heavy (non-hydrogen) atoms. The zero-order valence-electron chi connectivity index (χ0n) is 15.1. The van der Waals surface area contributed by atoms with Gasteiger partial charge in [0.2, 0.25) is 5.78 Å². The molecule has 0 aliphatic heterocycles. The van der Waals surface area contributed by atoms with Crippen LogP contribution >= 0.6 is 0 Å². The second-order valence-electron chi connectivity index (χ2n) is 7.11. The number of halogens is 7. The van der Waals surface area contributed by atoms with Gasteiger partial charge in [-0.1, -0.05) is 6.07 Å². The van der Waals surface area contributed by atoms with E-state index in [4.69, 9.17) is 0 Å². The minimum atomic E-state index is -4.70. The Morgan fingerprint density at radius 2 is 1.50 bits per heavy atom. The summed E-state index contributed by atoms with van der Waals surface area (Å²) in [5, 5.41) is 2.04. The second-order valence-corrected chi connectivity index (χ2v) is 7.11. The van der Waals surface area contributed by atoms with Crippen LogP contribution in [0.3, 0.4) is 0 Å². The van der Waals surface area contributed by atoms with Gasteiger partial charge in [-0.3, -0.25) is 9.59 Å². The number of carbonyl (C=O) groups excluding carboxylic acids is 2. The van der Waals surface area contributed by atoms with Crippen molar-refractivity contribution in [3.05, 3.63) is 65.0 Å². The van der Waals surface area contributed by atoms with Crippen LogP contribution in [0.4, 0.5) is 36.4 Å². The molecular weight excluding hydrogens is 419 g/mol. The maximum atomic E-state index is 14.2. The number of rotatable bonds is 5. The van der Waals surface area contributed by atoms with E-state index in [9.17, 15) is 40.3 Å². The van der Waals surface area contributed by atoms with Crippen molar-refractivity contribution in [1.29, 1.82) is 0 Å². The molecule has 1 aliphatic rings. The van der Waals surface area contributed by atoms with Crippen molar-refractivity contribution in [2.24, 2.45) is 0 Å². The van der Waals surface area contributed by atoms with Crippen molar-refractivity contribution in [3.63, 3.8) is 0 Å². The minimum Gasteiger partial charge on any atom is -0.319 e. The number of nitrogens with one attached hydrogen (secondary N) is 1. The van der Waals surface area contributed by atoms with Crippen LogP contribution in [-0.2, 0) is 27.4 Å². The maximum Gasteiger partial charge on any atom is 0.416 e. The summed E-state index contributed by atoms with van der Waals surface area (Å²) in [6.07, 6.45) is -9.51. The normalized spacial score (nSPS) is 15.6. The van der Waals surface area contributed by atoms with Gasteiger partial charge in [-0.2, -0.15) is 26.3 Å². The predicted molar refractivity (Wildman–Crippen MR) is 92.0 cm³/mol. The Kier molecular flexibility index (Phi) is 5.38. The molecule has 0 radical (unpaired) electrons. The van der Waals surface area contributed by atoms with Crippen molar-refractivity contribution in [2.75, 3.05) is 5.32 Å². The van der Waals surface area contributed by atoms with Crippen LogP contribution in [0.5, 0.6) is 0 Å². The van der Waals surface area contributed by atoms with Gasteiger partial charge in [-0.15, -0.1) is 0 Å². The summed E-state index contributed by atoms with van der Waals surface area (Å²) in [5.41, 5.74) is -3.92. The largest absolute Gasteiger partial charge is 0.416 e. The van der Waals surface area contributed by atoms with Crippen LogP contribution in [0.25, 0.3) is 0 Å². The lowest BCUT2D eigenvalue weighted by Crippen LogP contribution is -2.27. The van der Waals surface area contributed by atoms with E-state index in [0.717, 1.165) is 18.2 Å². The molecule has 0 heterocycles. The summed E-state index contributed by atoms with van der Waals surface area (Å²) < 4.78 is 91.2. The molecule has 1 amide bonds. The second kappa shape index (κ2) is 7.41. The summed E-state index contributed by atoms with van der Waals surface area (Å²) in [6.45, 7) is 0. The smallest absolute Gasteiger partial charge is 0.319 e. The first-order valence-electron chi connectivity index (χ1n) is 8.70. The fourth-order valence-corrected chi connectivity index (χ4v) is 3.16. The average molecular weight is 433 g/mol. The molecule has 10 heteroatoms. The molecule has 1 fully saturated rings. The SMILES string of the molecule is O=C(CC1(c2cc(C(F)(F)F)ccc2F)CC1)C(=O)Nc1cccc(C(F)(F)F)c1. The van der Waals surface area contributed by atoms with Gasteiger partial charge in [-0.25, -0.2) is 4.39 Å². The zero-order valence-corrected chi connectivity index (χ0v) is 15.1. The minimum absolute atomic E-state index is 0.202. The Bertz CT molecular complexity index is 991. The molecule has 1 aliphatic carbocycles. The van der Waals surface area contributed by atoms with Gasteiger partial charge in [0.1, 0.15) is 5.82 Å². The van der Waals surface area contributed by atoms with Crippen molar-refractivity contribution in [2.45, 2.75) is 37.0 Å². The number of amides is 1. The van der Waals surface area contributed by atoms with Gasteiger partial charge in [0.25, 0.3) is 5.91 Å². The Morgan fingerprint density at radius 1 is 0.900 bits per heavy atom. The van der Waals surface area contributed by atoms with Gasteiger partial charge in [0.15, 0.2) is 0 Å². The maximum absolute atomic E-state index is 14.2. The molecule has 2 aromatic carbocycles. The van der Waals surface area contributed by atoms with Crippen LogP contribution in [0.1, 0.15) is 36.0 Å². The summed E-state index contributed by atoms with van der Waals surface area (Å²) in [5.74, 6) is -3.22. The van der Waals surface area contributed by atoms with Gasteiger partial charge in [-0.05, 0) is 54.8 Å². The number of Topliss-reactive ketones (excluding diaryl/α,β-unsaturated/α-hetero) is 1. The van der Waals surface area contributed by atoms with E-state index in [0.29, 0.717) is 24.3 Å². The lowest BCUT2D eigenvalue weighted by molar-refractivity contribution is -0.138. The molecule has 2 aromatic rings. The van der Waals surface area contributed by atoms with E-state index in [1.54, 1.807) is 0 Å². The Labute approximate surface area is 165 Å². The summed E-state index contributed by atoms with van der Waals surface area (Å²) in [7, 11) is 0. The monoisotopic (exact) mass is 433 g/mol. The van der Waals surface area contributed by atoms with E-state index in [1.165, 1.54) is 0 Å². The van der Waals surface area contributed by atoms with Crippen molar-refractivity contribution in [1.82, 2.24) is 0 Å². The van der Waals surface area contributed by atoms with Crippen LogP contribution < -0.4 is 5.32 Å². The Hall–Kier alpha value is -2.91. The molecule has 3 rings (SSSR count). The number of hydrogen-bond acceptors (Lipinski definition) is 2. The highest BCUT2D eigenvalue weighted by Gasteiger charge is 2.49. The molecule has 0 saturated heterocycles. The molecule has 1 N–H and O–H groups in total. The fraction of sp³-hybridized carbons (Fsp3) is 0.300. The van der Waals surface area contributed by atoms with E-state index in [-0.39, 0.29) is 24.1 Å². The molecule has 0 atom stereocenters. The topological polar surface area (TPSA) is 46.2 Å². The number of benzene rings is 2. The van der Waals surface area contributed by atoms with Crippen LogP contribution in [0, 0.1) is 5.82 Å². The average Bonchev–Trinajstić information content (AvgIpc) is 3.41. The quantitative estimate of drug-likeness (QED) is 0.501. The molecule has 1 saturated carbocycles. The first-order chi connectivity index (χ1) is 13.8. The first-order valence-corrected chi connectivity index (χ1v) is 8.70. The number of ketones is 1. The Balaban J connectivity index is 1.76. The van der Waals surface area contributed by atoms with E-state index in [1.807, 2.05) is 5.32 Å². The van der Waals surface area contributed by atoms with E-state index >= 15 is 0 Å². The number of alkyl halides is 6. The highest BCUT2D eigenvalue weighted by atomic mass is 19.4. The van der Waals surface area contributed by atoms with Crippen LogP contribution in [0.2, 0.25) is 0 Å². The first kappa shape index (κ1) is 21.8. The molecule has 160 valence electrons. The molecule has 3 nitrogen and oxygen atoms in total. The standard InChI is InChI=1S/C20H14F7NO2/c21-15-5-4-12(20(25,26)27)9-14(15)18(6-7-18)10-16(29)17(30)28-13-3-1-2-11(8-13)19(22,23)24/h1-5,8-9H,6-7,10H2,(H,28,30). The molecule has 0 spiro atoms. The highest BCUT2D eigenvalue weighted by molar-refractivity contribution is 6.40. The molecule has 0 aromatic heterocycles. The van der Waals surface area contributed by atoms with Crippen LogP contribution in [-0.4, -0.2) is 11.7 Å². The van der Waals surface area contributed by atoms with Crippen molar-refractivity contribution in [3.8, 4) is 0 Å². The Morgan fingerprint density at radius 3 is 2.07 bits per heavy atom. The van der Waals surface area contributed by atoms with Crippen molar-refractivity contribution < 1.29 is 40.3 Å².